The molecule has 2 aliphatic rings. The summed E-state index contributed by atoms with van der Waals surface area (Å²) in [5, 5.41) is 10.0. The normalized spacial score (nSPS) is 28.7. The van der Waals surface area contributed by atoms with Crippen molar-refractivity contribution < 1.29 is 9.90 Å². The molecule has 2 aromatic heterocycles. The van der Waals surface area contributed by atoms with Crippen molar-refractivity contribution >= 4 is 25.4 Å². The van der Waals surface area contributed by atoms with Gasteiger partial charge in [-0.3, -0.25) is 9.78 Å². The molecule has 1 aliphatic heterocycles. The highest BCUT2D eigenvalue weighted by molar-refractivity contribution is 6.74. The summed E-state index contributed by atoms with van der Waals surface area (Å²) in [7, 11) is -2.44. The number of aromatic nitrogens is 4. The molecule has 0 bridgehead atoms. The van der Waals surface area contributed by atoms with Gasteiger partial charge in [-0.1, -0.05) is 25.8 Å². The third kappa shape index (κ3) is 2.61. The summed E-state index contributed by atoms with van der Waals surface area (Å²) in [4.78, 5) is 34.3. The molecule has 0 amide bonds. The van der Waals surface area contributed by atoms with Gasteiger partial charge in [0, 0.05) is 12.5 Å². The highest BCUT2D eigenvalue weighted by Gasteiger charge is 2.51. The molecule has 3 heterocycles. The average molecular weight is 376 g/mol. The average Bonchev–Trinajstić information content (AvgIpc) is 3.16. The fourth-order valence-corrected chi connectivity index (χ4v) is 9.34. The lowest BCUT2D eigenvalue weighted by Gasteiger charge is -2.37. The molecule has 0 spiro atoms. The molecule has 26 heavy (non-hydrogen) atoms. The molecule has 2 aromatic rings. The SMILES string of the molecule is C=C1[C@H](CO)[C@@H]([Si]2(O)CCCCC2)C[C@@H]1n1cnc2c(=O)[nH]c(N)nc21. The van der Waals surface area contributed by atoms with Crippen molar-refractivity contribution in [2.75, 3.05) is 12.3 Å². The first-order valence-electron chi connectivity index (χ1n) is 9.19. The summed E-state index contributed by atoms with van der Waals surface area (Å²) < 4.78 is 1.83. The molecule has 1 saturated heterocycles. The monoisotopic (exact) mass is 375 g/mol. The lowest BCUT2D eigenvalue weighted by atomic mass is 10.0. The van der Waals surface area contributed by atoms with E-state index in [1.165, 1.54) is 6.42 Å². The highest BCUT2D eigenvalue weighted by atomic mass is 28.4. The van der Waals surface area contributed by atoms with Crippen LogP contribution in [0.2, 0.25) is 17.6 Å². The number of hydrogen-bond acceptors (Lipinski definition) is 6. The van der Waals surface area contributed by atoms with Crippen LogP contribution in [0.15, 0.2) is 23.3 Å². The summed E-state index contributed by atoms with van der Waals surface area (Å²) in [6.45, 7) is 4.21. The maximum atomic E-state index is 12.0. The van der Waals surface area contributed by atoms with Gasteiger partial charge in [0.1, 0.15) is 0 Å². The summed E-state index contributed by atoms with van der Waals surface area (Å²) in [5.41, 5.74) is 6.95. The van der Waals surface area contributed by atoms with Crippen molar-refractivity contribution in [2.24, 2.45) is 5.92 Å². The van der Waals surface area contributed by atoms with Gasteiger partial charge in [0.2, 0.25) is 5.95 Å². The largest absolute Gasteiger partial charge is 0.431 e. The first-order valence-corrected chi connectivity index (χ1v) is 11.6. The van der Waals surface area contributed by atoms with E-state index < -0.39 is 8.32 Å². The number of nitrogens with two attached hydrogens (primary N) is 1. The van der Waals surface area contributed by atoms with Crippen LogP contribution in [0.1, 0.15) is 31.7 Å². The maximum absolute atomic E-state index is 12.0. The first kappa shape index (κ1) is 17.4. The van der Waals surface area contributed by atoms with Gasteiger partial charge in [-0.25, -0.2) is 4.98 Å². The Morgan fingerprint density at radius 1 is 1.38 bits per heavy atom. The summed E-state index contributed by atoms with van der Waals surface area (Å²) in [6.07, 6.45) is 5.60. The van der Waals surface area contributed by atoms with Gasteiger partial charge in [-0.2, -0.15) is 4.98 Å². The van der Waals surface area contributed by atoms with Gasteiger partial charge in [0.15, 0.2) is 19.5 Å². The van der Waals surface area contributed by atoms with Crippen LogP contribution in [0.4, 0.5) is 5.95 Å². The van der Waals surface area contributed by atoms with Crippen molar-refractivity contribution in [1.82, 2.24) is 19.5 Å². The number of H-pyrrole nitrogens is 1. The van der Waals surface area contributed by atoms with E-state index in [0.29, 0.717) is 12.1 Å². The van der Waals surface area contributed by atoms with Crippen LogP contribution in [0, 0.1) is 5.92 Å². The molecule has 9 heteroatoms. The third-order valence-corrected chi connectivity index (χ3v) is 10.7. The second-order valence-electron chi connectivity index (χ2n) is 7.66. The number of aliphatic hydroxyl groups excluding tert-OH is 1. The second-order valence-corrected chi connectivity index (χ2v) is 11.6. The van der Waals surface area contributed by atoms with Crippen LogP contribution >= 0.6 is 0 Å². The lowest BCUT2D eigenvalue weighted by molar-refractivity contribution is 0.241. The van der Waals surface area contributed by atoms with Crippen LogP contribution < -0.4 is 11.3 Å². The topological polar surface area (TPSA) is 130 Å². The van der Waals surface area contributed by atoms with E-state index in [4.69, 9.17) is 5.73 Å². The van der Waals surface area contributed by atoms with Crippen LogP contribution in [0.5, 0.6) is 0 Å². The molecule has 1 saturated carbocycles. The number of aromatic amines is 1. The van der Waals surface area contributed by atoms with Crippen LogP contribution in [0.3, 0.4) is 0 Å². The summed E-state index contributed by atoms with van der Waals surface area (Å²) >= 11 is 0. The summed E-state index contributed by atoms with van der Waals surface area (Å²) in [6, 6.07) is 1.64. The van der Waals surface area contributed by atoms with Gasteiger partial charge < -0.3 is 20.2 Å². The zero-order chi connectivity index (χ0) is 18.5. The van der Waals surface area contributed by atoms with E-state index in [2.05, 4.69) is 21.5 Å². The standard InChI is InChI=1S/C17H25N5O3Si/c1-10-11(8-23)13(26(25)5-3-2-4-6-26)7-12(10)22-9-19-14-15(22)20-17(18)21-16(14)24/h9,11-13,23,25H,1-8H2,(H3,18,20,21,24)/t11-,12-,13-/m0/s1. The molecular weight excluding hydrogens is 350 g/mol. The number of aliphatic hydroxyl groups is 1. The minimum Gasteiger partial charge on any atom is -0.431 e. The third-order valence-electron chi connectivity index (χ3n) is 6.26. The quantitative estimate of drug-likeness (QED) is 0.473. The Hall–Kier alpha value is -1.97. The van der Waals surface area contributed by atoms with Crippen molar-refractivity contribution in [3.8, 4) is 0 Å². The predicted octanol–water partition coefficient (Wildman–Crippen LogP) is 1.30. The van der Waals surface area contributed by atoms with E-state index in [1.807, 2.05) is 4.57 Å². The fourth-order valence-electron chi connectivity index (χ4n) is 4.90. The molecule has 4 rings (SSSR count). The van der Waals surface area contributed by atoms with E-state index >= 15 is 0 Å². The molecule has 0 aromatic carbocycles. The van der Waals surface area contributed by atoms with E-state index in [9.17, 15) is 14.7 Å². The number of fused-ring (bicyclic) bond motifs is 1. The molecule has 3 atom stereocenters. The molecular formula is C17H25N5O3Si. The van der Waals surface area contributed by atoms with Crippen LogP contribution in [-0.4, -0.2) is 44.3 Å². The number of imidazole rings is 1. The second kappa shape index (κ2) is 6.33. The van der Waals surface area contributed by atoms with E-state index in [1.54, 1.807) is 6.33 Å². The first-order chi connectivity index (χ1) is 12.4. The molecule has 0 unspecified atom stereocenters. The van der Waals surface area contributed by atoms with Crippen molar-refractivity contribution in [3.63, 3.8) is 0 Å². The lowest BCUT2D eigenvalue weighted by Crippen LogP contribution is -2.44. The molecule has 8 nitrogen and oxygen atoms in total. The minimum atomic E-state index is -2.44. The van der Waals surface area contributed by atoms with E-state index in [0.717, 1.165) is 30.5 Å². The molecule has 5 N–H and O–H groups in total. The van der Waals surface area contributed by atoms with Crippen LogP contribution in [-0.2, 0) is 0 Å². The minimum absolute atomic E-state index is 0.0158. The highest BCUT2D eigenvalue weighted by Crippen LogP contribution is 2.54. The fraction of sp³-hybridized carbons (Fsp3) is 0.588. The van der Waals surface area contributed by atoms with Crippen molar-refractivity contribution in [2.45, 2.75) is 49.4 Å². The Labute approximate surface area is 151 Å². The number of anilines is 1. The maximum Gasteiger partial charge on any atom is 0.280 e. The molecule has 0 radical (unpaired) electrons. The van der Waals surface area contributed by atoms with Crippen molar-refractivity contribution in [1.29, 1.82) is 0 Å². The number of hydrogen-bond donors (Lipinski definition) is 4. The number of nitrogens with one attached hydrogen (secondary N) is 1. The van der Waals surface area contributed by atoms with Gasteiger partial charge in [0.05, 0.1) is 12.4 Å². The number of nitrogens with zero attached hydrogens (tertiary/aromatic N) is 3. The Kier molecular flexibility index (Phi) is 4.24. The summed E-state index contributed by atoms with van der Waals surface area (Å²) in [5.74, 6) is -0.0741. The van der Waals surface area contributed by atoms with Crippen LogP contribution in [0.25, 0.3) is 11.2 Å². The van der Waals surface area contributed by atoms with Gasteiger partial charge in [-0.15, -0.1) is 0 Å². The Balaban J connectivity index is 1.74. The Bertz CT molecular complexity index is 901. The number of rotatable bonds is 3. The molecule has 140 valence electrons. The van der Waals surface area contributed by atoms with Gasteiger partial charge in [0.25, 0.3) is 5.56 Å². The smallest absolute Gasteiger partial charge is 0.280 e. The molecule has 1 aliphatic carbocycles. The van der Waals surface area contributed by atoms with E-state index in [-0.39, 0.29) is 41.1 Å². The Morgan fingerprint density at radius 2 is 2.12 bits per heavy atom. The molecule has 2 fully saturated rings. The zero-order valence-electron chi connectivity index (χ0n) is 14.7. The number of nitrogen functional groups attached to an aromatic ring is 1. The predicted molar refractivity (Wildman–Crippen MR) is 101 cm³/mol. The van der Waals surface area contributed by atoms with Gasteiger partial charge in [-0.05, 0) is 29.6 Å². The van der Waals surface area contributed by atoms with Crippen molar-refractivity contribution in [3.05, 3.63) is 28.8 Å². The Morgan fingerprint density at radius 3 is 2.81 bits per heavy atom. The van der Waals surface area contributed by atoms with Gasteiger partial charge >= 0.3 is 0 Å². The zero-order valence-corrected chi connectivity index (χ0v) is 15.7.